The molecule has 0 aliphatic carbocycles. The van der Waals surface area contributed by atoms with E-state index in [2.05, 4.69) is 31.9 Å². The van der Waals surface area contributed by atoms with Crippen LogP contribution < -0.4 is 0 Å². The number of carbonyl (C=O) groups excluding carboxylic acids is 1. The molecule has 126 valence electrons. The number of aromatic nitrogens is 1. The Morgan fingerprint density at radius 3 is 2.62 bits per heavy atom. The Bertz CT molecular complexity index is 748. The first-order valence-corrected chi connectivity index (χ1v) is 9.15. The normalized spacial score (nSPS) is 15.5. The molecule has 0 N–H and O–H groups in total. The third-order valence-electron chi connectivity index (χ3n) is 3.99. The van der Waals surface area contributed by atoms with Gasteiger partial charge in [-0.25, -0.2) is 4.98 Å². The Morgan fingerprint density at radius 1 is 1.17 bits per heavy atom. The van der Waals surface area contributed by atoms with Gasteiger partial charge in [0.15, 0.2) is 0 Å². The van der Waals surface area contributed by atoms with E-state index in [1.807, 2.05) is 23.1 Å². The number of amides is 1. The fraction of sp³-hybridized carbons (Fsp3) is 0.294. The van der Waals surface area contributed by atoms with Crippen LogP contribution in [0.15, 0.2) is 41.0 Å². The summed E-state index contributed by atoms with van der Waals surface area (Å²) in [4.78, 5) is 20.8. The predicted octanol–water partition coefficient (Wildman–Crippen LogP) is 4.11. The zero-order valence-electron chi connectivity index (χ0n) is 12.9. The molecule has 0 unspecified atom stereocenters. The maximum atomic E-state index is 12.6. The van der Waals surface area contributed by atoms with Gasteiger partial charge in [-0.3, -0.25) is 9.69 Å². The highest BCUT2D eigenvalue weighted by Gasteiger charge is 2.24. The molecule has 3 rings (SSSR count). The molecule has 1 aliphatic heterocycles. The molecule has 0 saturated carbocycles. The minimum Gasteiger partial charge on any atom is -0.336 e. The lowest BCUT2D eigenvalue weighted by Crippen LogP contribution is -2.48. The van der Waals surface area contributed by atoms with Crippen molar-refractivity contribution in [1.29, 1.82) is 0 Å². The number of piperazine rings is 1. The van der Waals surface area contributed by atoms with Gasteiger partial charge < -0.3 is 4.90 Å². The fourth-order valence-electron chi connectivity index (χ4n) is 2.75. The molecule has 1 amide bonds. The van der Waals surface area contributed by atoms with E-state index in [1.165, 1.54) is 5.56 Å². The highest BCUT2D eigenvalue weighted by atomic mass is 79.9. The lowest BCUT2D eigenvalue weighted by Gasteiger charge is -2.34. The number of halogens is 3. The maximum absolute atomic E-state index is 12.6. The third-order valence-corrected chi connectivity index (χ3v) is 4.96. The Kier molecular flexibility index (Phi) is 5.76. The molecule has 0 spiro atoms. The molecule has 4 nitrogen and oxygen atoms in total. The number of carbonyl (C=O) groups is 1. The lowest BCUT2D eigenvalue weighted by atomic mass is 10.2. The van der Waals surface area contributed by atoms with E-state index in [9.17, 15) is 4.79 Å². The average molecular weight is 429 g/mol. The van der Waals surface area contributed by atoms with Crippen molar-refractivity contribution in [1.82, 2.24) is 14.8 Å². The Labute approximate surface area is 159 Å². The van der Waals surface area contributed by atoms with Gasteiger partial charge >= 0.3 is 0 Å². The van der Waals surface area contributed by atoms with Crippen LogP contribution >= 0.6 is 39.1 Å². The highest BCUT2D eigenvalue weighted by molar-refractivity contribution is 9.10. The molecule has 0 bridgehead atoms. The summed E-state index contributed by atoms with van der Waals surface area (Å²) in [6.07, 6.45) is 1.59. The topological polar surface area (TPSA) is 36.4 Å². The largest absolute Gasteiger partial charge is 0.336 e. The predicted molar refractivity (Wildman–Crippen MR) is 99.6 cm³/mol. The Balaban J connectivity index is 1.60. The minimum absolute atomic E-state index is 0.0730. The SMILES string of the molecule is O=C(c1cc(Br)cnc1Cl)N1CCN(Cc2cccc(Cl)c2)CC1. The molecule has 0 atom stereocenters. The quantitative estimate of drug-likeness (QED) is 0.690. The van der Waals surface area contributed by atoms with E-state index in [0.29, 0.717) is 18.7 Å². The van der Waals surface area contributed by atoms with E-state index in [1.54, 1.807) is 12.3 Å². The summed E-state index contributed by atoms with van der Waals surface area (Å²) >= 11 is 15.4. The smallest absolute Gasteiger partial charge is 0.257 e. The number of nitrogens with zero attached hydrogens (tertiary/aromatic N) is 3. The molecular formula is C17H16BrCl2N3O. The molecule has 1 saturated heterocycles. The number of benzene rings is 1. The zero-order chi connectivity index (χ0) is 17.1. The van der Waals surface area contributed by atoms with Crippen molar-refractivity contribution in [2.45, 2.75) is 6.54 Å². The van der Waals surface area contributed by atoms with E-state index in [-0.39, 0.29) is 11.1 Å². The summed E-state index contributed by atoms with van der Waals surface area (Å²) in [6, 6.07) is 9.59. The molecule has 1 aromatic carbocycles. The van der Waals surface area contributed by atoms with Crippen LogP contribution in [0.25, 0.3) is 0 Å². The summed E-state index contributed by atoms with van der Waals surface area (Å²) in [5.74, 6) is -0.0730. The summed E-state index contributed by atoms with van der Waals surface area (Å²) < 4.78 is 0.745. The van der Waals surface area contributed by atoms with Crippen molar-refractivity contribution in [2.24, 2.45) is 0 Å². The second-order valence-electron chi connectivity index (χ2n) is 5.69. The van der Waals surface area contributed by atoms with Crippen LogP contribution in [-0.2, 0) is 6.54 Å². The molecule has 0 radical (unpaired) electrons. The standard InChI is InChI=1S/C17H16BrCl2N3O/c18-13-9-15(16(20)21-10-13)17(24)23-6-4-22(5-7-23)11-12-2-1-3-14(19)8-12/h1-3,8-10H,4-7,11H2. The van der Waals surface area contributed by atoms with Crippen molar-refractivity contribution in [3.63, 3.8) is 0 Å². The first-order valence-electron chi connectivity index (χ1n) is 7.60. The van der Waals surface area contributed by atoms with Crippen LogP contribution in [-0.4, -0.2) is 46.9 Å². The zero-order valence-corrected chi connectivity index (χ0v) is 16.0. The van der Waals surface area contributed by atoms with Gasteiger partial charge in [0, 0.05) is 48.4 Å². The first kappa shape index (κ1) is 17.7. The summed E-state index contributed by atoms with van der Waals surface area (Å²) in [5, 5.41) is 0.989. The number of hydrogen-bond donors (Lipinski definition) is 0. The van der Waals surface area contributed by atoms with E-state index in [0.717, 1.165) is 29.1 Å². The van der Waals surface area contributed by atoms with Crippen LogP contribution in [0.3, 0.4) is 0 Å². The fourth-order valence-corrected chi connectivity index (χ4v) is 3.47. The van der Waals surface area contributed by atoms with Gasteiger partial charge in [-0.2, -0.15) is 0 Å². The summed E-state index contributed by atoms with van der Waals surface area (Å²) in [6.45, 7) is 3.81. The number of rotatable bonds is 3. The van der Waals surface area contributed by atoms with Gasteiger partial charge in [-0.05, 0) is 39.7 Å². The van der Waals surface area contributed by atoms with Gasteiger partial charge in [0.1, 0.15) is 5.15 Å². The molecule has 7 heteroatoms. The Hall–Kier alpha value is -1.14. The average Bonchev–Trinajstić information content (AvgIpc) is 2.57. The molecule has 2 heterocycles. The monoisotopic (exact) mass is 427 g/mol. The van der Waals surface area contributed by atoms with E-state index in [4.69, 9.17) is 23.2 Å². The van der Waals surface area contributed by atoms with Gasteiger partial charge in [0.05, 0.1) is 5.56 Å². The second kappa shape index (κ2) is 7.83. The molecule has 24 heavy (non-hydrogen) atoms. The van der Waals surface area contributed by atoms with Crippen LogP contribution in [0.2, 0.25) is 10.2 Å². The molecule has 1 fully saturated rings. The third kappa shape index (κ3) is 4.28. The van der Waals surface area contributed by atoms with E-state index >= 15 is 0 Å². The number of hydrogen-bond acceptors (Lipinski definition) is 3. The second-order valence-corrected chi connectivity index (χ2v) is 7.40. The summed E-state index contributed by atoms with van der Waals surface area (Å²) in [5.41, 5.74) is 1.62. The van der Waals surface area contributed by atoms with Gasteiger partial charge in [0.25, 0.3) is 5.91 Å². The molecule has 1 aliphatic rings. The number of pyridine rings is 1. The van der Waals surface area contributed by atoms with Crippen molar-refractivity contribution in [3.05, 3.63) is 62.3 Å². The van der Waals surface area contributed by atoms with Crippen molar-refractivity contribution < 1.29 is 4.79 Å². The molecule has 2 aromatic rings. The maximum Gasteiger partial charge on any atom is 0.257 e. The van der Waals surface area contributed by atoms with Crippen LogP contribution in [0.1, 0.15) is 15.9 Å². The van der Waals surface area contributed by atoms with Crippen molar-refractivity contribution in [3.8, 4) is 0 Å². The van der Waals surface area contributed by atoms with Crippen LogP contribution in [0.4, 0.5) is 0 Å². The van der Waals surface area contributed by atoms with Gasteiger partial charge in [0.2, 0.25) is 0 Å². The van der Waals surface area contributed by atoms with Crippen LogP contribution in [0, 0.1) is 0 Å². The minimum atomic E-state index is -0.0730. The first-order chi connectivity index (χ1) is 11.5. The van der Waals surface area contributed by atoms with Crippen molar-refractivity contribution >= 4 is 45.0 Å². The molecular weight excluding hydrogens is 413 g/mol. The molecule has 1 aromatic heterocycles. The lowest BCUT2D eigenvalue weighted by molar-refractivity contribution is 0.0628. The van der Waals surface area contributed by atoms with E-state index < -0.39 is 0 Å². The van der Waals surface area contributed by atoms with Gasteiger partial charge in [-0.1, -0.05) is 35.3 Å². The van der Waals surface area contributed by atoms with Crippen LogP contribution in [0.5, 0.6) is 0 Å². The van der Waals surface area contributed by atoms with Crippen molar-refractivity contribution in [2.75, 3.05) is 26.2 Å². The highest BCUT2D eigenvalue weighted by Crippen LogP contribution is 2.21. The Morgan fingerprint density at radius 2 is 1.92 bits per heavy atom. The van der Waals surface area contributed by atoms with Gasteiger partial charge in [-0.15, -0.1) is 0 Å². The summed E-state index contributed by atoms with van der Waals surface area (Å²) in [7, 11) is 0.